The third kappa shape index (κ3) is 3.94. The van der Waals surface area contributed by atoms with Crippen LogP contribution in [0.3, 0.4) is 0 Å². The van der Waals surface area contributed by atoms with E-state index in [-0.39, 0.29) is 23.8 Å². The summed E-state index contributed by atoms with van der Waals surface area (Å²) < 4.78 is 7.70. The van der Waals surface area contributed by atoms with E-state index in [4.69, 9.17) is 21.3 Å². The average Bonchev–Trinajstić information content (AvgIpc) is 3.27. The Morgan fingerprint density at radius 1 is 1.05 bits per heavy atom. The average molecular weight is 552 g/mol. The lowest BCUT2D eigenvalue weighted by Crippen LogP contribution is -2.52. The largest absolute Gasteiger partial charge is 0.472 e. The molecule has 1 aliphatic heterocycles. The SMILES string of the molecule is C=C[C@H]1C[C@@]1(NC(=O)[C@@H]1C[C@@H](Oc2nc3ccccc3c3ccccc23)CN1)C(=O)n1ncc2c(Cl)cccc21. The van der Waals surface area contributed by atoms with Crippen LogP contribution in [-0.2, 0) is 4.79 Å². The number of carbonyl (C=O) groups is 2. The quantitative estimate of drug-likeness (QED) is 0.230. The van der Waals surface area contributed by atoms with Crippen LogP contribution in [0.5, 0.6) is 5.88 Å². The molecule has 1 amide bonds. The smallest absolute Gasteiger partial charge is 0.273 e. The lowest BCUT2D eigenvalue weighted by molar-refractivity contribution is -0.123. The minimum absolute atomic E-state index is 0.191. The number of benzene rings is 3. The molecule has 7 rings (SSSR count). The fraction of sp³-hybridized carbons (Fsp3) is 0.226. The Kier molecular flexibility index (Phi) is 5.83. The second-order valence-electron chi connectivity index (χ2n) is 10.5. The molecule has 2 aromatic heterocycles. The van der Waals surface area contributed by atoms with E-state index in [0.29, 0.717) is 41.2 Å². The minimum Gasteiger partial charge on any atom is -0.472 e. The molecule has 200 valence electrons. The summed E-state index contributed by atoms with van der Waals surface area (Å²) in [7, 11) is 0. The number of ether oxygens (including phenoxy) is 1. The molecule has 1 saturated heterocycles. The monoisotopic (exact) mass is 551 g/mol. The van der Waals surface area contributed by atoms with Crippen molar-refractivity contribution in [3.05, 3.63) is 90.6 Å². The van der Waals surface area contributed by atoms with Crippen LogP contribution in [0.4, 0.5) is 0 Å². The summed E-state index contributed by atoms with van der Waals surface area (Å²) in [5.74, 6) is -0.203. The van der Waals surface area contributed by atoms with Crippen LogP contribution in [0.2, 0.25) is 5.02 Å². The Labute approximate surface area is 235 Å². The van der Waals surface area contributed by atoms with Crippen LogP contribution in [0.25, 0.3) is 32.6 Å². The highest BCUT2D eigenvalue weighted by Crippen LogP contribution is 2.46. The molecule has 2 fully saturated rings. The van der Waals surface area contributed by atoms with Gasteiger partial charge in [-0.25, -0.2) is 4.98 Å². The third-order valence-corrected chi connectivity index (χ3v) is 8.37. The molecule has 0 spiro atoms. The number of para-hydroxylation sites is 1. The number of nitrogens with one attached hydrogen (secondary N) is 2. The van der Waals surface area contributed by atoms with Gasteiger partial charge >= 0.3 is 0 Å². The zero-order chi connectivity index (χ0) is 27.4. The van der Waals surface area contributed by atoms with E-state index in [9.17, 15) is 9.59 Å². The van der Waals surface area contributed by atoms with E-state index in [1.165, 1.54) is 4.68 Å². The van der Waals surface area contributed by atoms with Gasteiger partial charge in [0.2, 0.25) is 11.8 Å². The summed E-state index contributed by atoms with van der Waals surface area (Å²) in [4.78, 5) is 32.0. The predicted molar refractivity (Wildman–Crippen MR) is 155 cm³/mol. The van der Waals surface area contributed by atoms with Crippen LogP contribution < -0.4 is 15.4 Å². The van der Waals surface area contributed by atoms with Crippen molar-refractivity contribution in [2.75, 3.05) is 6.54 Å². The van der Waals surface area contributed by atoms with Gasteiger partial charge < -0.3 is 15.4 Å². The van der Waals surface area contributed by atoms with Gasteiger partial charge in [0.25, 0.3) is 5.91 Å². The lowest BCUT2D eigenvalue weighted by Gasteiger charge is -2.20. The van der Waals surface area contributed by atoms with Crippen molar-refractivity contribution in [3.63, 3.8) is 0 Å². The zero-order valence-corrected chi connectivity index (χ0v) is 22.3. The van der Waals surface area contributed by atoms with Gasteiger partial charge in [-0.15, -0.1) is 6.58 Å². The van der Waals surface area contributed by atoms with Crippen LogP contribution in [0.15, 0.2) is 85.6 Å². The van der Waals surface area contributed by atoms with Crippen LogP contribution in [0.1, 0.15) is 17.6 Å². The molecular weight excluding hydrogens is 526 g/mol. The van der Waals surface area contributed by atoms with E-state index in [1.54, 1.807) is 30.5 Å². The third-order valence-electron chi connectivity index (χ3n) is 8.04. The number of fused-ring (bicyclic) bond motifs is 4. The Morgan fingerprint density at radius 2 is 1.82 bits per heavy atom. The number of rotatable bonds is 6. The van der Waals surface area contributed by atoms with Gasteiger partial charge in [-0.3, -0.25) is 9.59 Å². The van der Waals surface area contributed by atoms with Crippen molar-refractivity contribution in [2.45, 2.75) is 30.5 Å². The van der Waals surface area contributed by atoms with E-state index in [1.807, 2.05) is 36.4 Å². The van der Waals surface area contributed by atoms with Gasteiger partial charge in [0, 0.05) is 35.0 Å². The molecular formula is C31H26ClN5O3. The standard InChI is InChI=1S/C31H26ClN5O3/c1-2-18-15-31(18,30(39)37-27-13-7-11-24(32)23(27)17-34-37)36-28(38)26-14-19(16-33-26)40-29-22-10-4-3-8-20(22)21-9-5-6-12-25(21)35-29/h2-13,17-19,26,33H,1,14-16H2,(H,36,38)/t18-,19+,26-,31-/m0/s1. The Bertz CT molecular complexity index is 1830. The number of aromatic nitrogens is 3. The summed E-state index contributed by atoms with van der Waals surface area (Å²) in [6, 6.07) is 20.8. The molecule has 40 heavy (non-hydrogen) atoms. The maximum absolute atomic E-state index is 13.7. The highest BCUT2D eigenvalue weighted by Gasteiger charge is 2.61. The number of hydrogen-bond acceptors (Lipinski definition) is 6. The molecule has 0 radical (unpaired) electrons. The molecule has 0 bridgehead atoms. The summed E-state index contributed by atoms with van der Waals surface area (Å²) in [6.07, 6.45) is 3.93. The first-order valence-electron chi connectivity index (χ1n) is 13.3. The van der Waals surface area contributed by atoms with Gasteiger partial charge in [-0.05, 0) is 36.1 Å². The lowest BCUT2D eigenvalue weighted by atomic mass is 10.1. The van der Waals surface area contributed by atoms with Gasteiger partial charge in [0.05, 0.1) is 28.3 Å². The molecule has 8 nitrogen and oxygen atoms in total. The number of nitrogens with zero attached hydrogens (tertiary/aromatic N) is 3. The maximum Gasteiger partial charge on any atom is 0.273 e. The highest BCUT2D eigenvalue weighted by atomic mass is 35.5. The summed E-state index contributed by atoms with van der Waals surface area (Å²) in [5, 5.41) is 14.8. The van der Waals surface area contributed by atoms with Crippen molar-refractivity contribution in [1.82, 2.24) is 25.4 Å². The van der Waals surface area contributed by atoms with Crippen molar-refractivity contribution >= 4 is 56.0 Å². The first kappa shape index (κ1) is 24.7. The molecule has 9 heteroatoms. The van der Waals surface area contributed by atoms with E-state index < -0.39 is 11.6 Å². The van der Waals surface area contributed by atoms with Crippen molar-refractivity contribution in [3.8, 4) is 5.88 Å². The number of amides is 1. The Hall–Kier alpha value is -4.27. The van der Waals surface area contributed by atoms with Gasteiger partial charge in [-0.1, -0.05) is 60.1 Å². The minimum atomic E-state index is -1.10. The molecule has 3 heterocycles. The Balaban J connectivity index is 1.10. The summed E-state index contributed by atoms with van der Waals surface area (Å²) in [5.41, 5.74) is 0.355. The van der Waals surface area contributed by atoms with Crippen molar-refractivity contribution < 1.29 is 14.3 Å². The van der Waals surface area contributed by atoms with Crippen molar-refractivity contribution in [1.29, 1.82) is 0 Å². The van der Waals surface area contributed by atoms with Crippen LogP contribution in [0, 0.1) is 5.92 Å². The highest BCUT2D eigenvalue weighted by molar-refractivity contribution is 6.35. The Morgan fingerprint density at radius 3 is 2.62 bits per heavy atom. The molecule has 4 atom stereocenters. The molecule has 2 aliphatic rings. The maximum atomic E-state index is 13.7. The molecule has 1 aliphatic carbocycles. The second-order valence-corrected chi connectivity index (χ2v) is 10.9. The molecule has 3 aromatic carbocycles. The zero-order valence-electron chi connectivity index (χ0n) is 21.5. The summed E-state index contributed by atoms with van der Waals surface area (Å²) in [6.45, 7) is 4.35. The molecule has 5 aromatic rings. The van der Waals surface area contributed by atoms with E-state index in [0.717, 1.165) is 21.7 Å². The topological polar surface area (TPSA) is 98.1 Å². The number of halogens is 1. The normalized spacial score (nSPS) is 23.9. The van der Waals surface area contributed by atoms with E-state index in [2.05, 4.69) is 34.4 Å². The van der Waals surface area contributed by atoms with Crippen molar-refractivity contribution in [2.24, 2.45) is 5.92 Å². The molecule has 1 saturated carbocycles. The molecule has 0 unspecified atom stereocenters. The van der Waals surface area contributed by atoms with Gasteiger partial charge in [0.1, 0.15) is 11.6 Å². The fourth-order valence-electron chi connectivity index (χ4n) is 5.80. The fourth-order valence-corrected chi connectivity index (χ4v) is 6.02. The number of hydrogen-bond donors (Lipinski definition) is 2. The van der Waals surface area contributed by atoms with E-state index >= 15 is 0 Å². The van der Waals surface area contributed by atoms with Crippen LogP contribution in [-0.4, -0.2) is 50.8 Å². The van der Waals surface area contributed by atoms with Crippen LogP contribution >= 0.6 is 11.6 Å². The number of pyridine rings is 1. The second kappa shape index (κ2) is 9.43. The van der Waals surface area contributed by atoms with Gasteiger partial charge in [0.15, 0.2) is 0 Å². The van der Waals surface area contributed by atoms with Gasteiger partial charge in [-0.2, -0.15) is 9.78 Å². The molecule has 2 N–H and O–H groups in total. The summed E-state index contributed by atoms with van der Waals surface area (Å²) >= 11 is 6.29. The first-order chi connectivity index (χ1) is 19.5. The number of carbonyl (C=O) groups excluding carboxylic acids is 2. The predicted octanol–water partition coefficient (Wildman–Crippen LogP) is 4.90. The first-order valence-corrected chi connectivity index (χ1v) is 13.7.